The van der Waals surface area contributed by atoms with E-state index in [1.54, 1.807) is 0 Å². The van der Waals surface area contributed by atoms with E-state index in [1.807, 2.05) is 0 Å². The molecule has 0 bridgehead atoms. The average Bonchev–Trinajstić information content (AvgIpc) is 2.74. The van der Waals surface area contributed by atoms with Gasteiger partial charge >= 0.3 is 0 Å². The first-order valence-electron chi connectivity index (χ1n) is 12.9. The van der Waals surface area contributed by atoms with Crippen LogP contribution in [0.3, 0.4) is 0 Å². The molecule has 0 atom stereocenters. The number of nitrogens with zero attached hydrogens (tertiary/aromatic N) is 1. The van der Waals surface area contributed by atoms with Gasteiger partial charge in [0.05, 0.1) is 32.9 Å². The normalized spacial score (nSPS) is 16.0. The van der Waals surface area contributed by atoms with Gasteiger partial charge in [-0.25, -0.2) is 8.42 Å². The lowest BCUT2D eigenvalue weighted by molar-refractivity contribution is -0.933. The minimum atomic E-state index is -4.42. The Labute approximate surface area is 193 Å². The average molecular weight is 466 g/mol. The Bertz CT molecular complexity index is 478. The fraction of sp³-hybridized carbons (Fsp3) is 1.00. The van der Waals surface area contributed by atoms with E-state index in [9.17, 15) is 13.0 Å². The van der Waals surface area contributed by atoms with Gasteiger partial charge in [-0.3, -0.25) is 4.18 Å². The lowest BCUT2D eigenvalue weighted by Crippen LogP contribution is -2.55. The summed E-state index contributed by atoms with van der Waals surface area (Å²) in [6.45, 7) is 13.1. The van der Waals surface area contributed by atoms with Crippen molar-refractivity contribution in [3.05, 3.63) is 0 Å². The Hall–Kier alpha value is -0.210. The number of likely N-dealkylation sites (N-methyl/N-ethyl adjacent to an activating group) is 1. The molecule has 0 amide bonds. The number of unbranched alkanes of at least 4 members (excludes halogenated alkanes) is 13. The fourth-order valence-electron chi connectivity index (χ4n) is 4.21. The predicted molar refractivity (Wildman–Crippen MR) is 128 cm³/mol. The van der Waals surface area contributed by atoms with Gasteiger partial charge in [0.25, 0.3) is 0 Å². The third kappa shape index (κ3) is 20.1. The predicted octanol–water partition coefficient (Wildman–Crippen LogP) is 5.82. The number of hydrogen-bond acceptors (Lipinski definition) is 5. The summed E-state index contributed by atoms with van der Waals surface area (Å²) in [5.41, 5.74) is 0. The first-order valence-corrected chi connectivity index (χ1v) is 14.3. The molecule has 0 radical (unpaired) electrons. The summed E-state index contributed by atoms with van der Waals surface area (Å²) in [5, 5.41) is 0. The second-order valence-electron chi connectivity index (χ2n) is 8.85. The van der Waals surface area contributed by atoms with Crippen LogP contribution < -0.4 is 0 Å². The van der Waals surface area contributed by atoms with Crippen LogP contribution in [-0.4, -0.2) is 63.5 Å². The molecule has 1 heterocycles. The van der Waals surface area contributed by atoms with Crippen molar-refractivity contribution in [3.8, 4) is 0 Å². The van der Waals surface area contributed by atoms with Gasteiger partial charge in [0.2, 0.25) is 10.4 Å². The van der Waals surface area contributed by atoms with Crippen LogP contribution in [0.1, 0.15) is 111 Å². The summed E-state index contributed by atoms with van der Waals surface area (Å²) >= 11 is 0. The summed E-state index contributed by atoms with van der Waals surface area (Å²) in [6.07, 6.45) is 20.4. The quantitative estimate of drug-likeness (QED) is 0.110. The molecular formula is C24H51NO5S. The zero-order valence-electron chi connectivity index (χ0n) is 20.7. The van der Waals surface area contributed by atoms with Gasteiger partial charge in [-0.2, -0.15) is 0 Å². The SMILES string of the molecule is CCCCCCCCCCCCCCCC[N+]1(CC)CCOCC1.CCOS(=O)(=O)[O-]. The lowest BCUT2D eigenvalue weighted by Gasteiger charge is -2.40. The maximum atomic E-state index is 9.45. The summed E-state index contributed by atoms with van der Waals surface area (Å²) in [4.78, 5) is 0. The minimum Gasteiger partial charge on any atom is -0.726 e. The molecule has 6 nitrogen and oxygen atoms in total. The Morgan fingerprint density at radius 1 is 0.742 bits per heavy atom. The Morgan fingerprint density at radius 2 is 1.16 bits per heavy atom. The number of rotatable bonds is 18. The molecular weight excluding hydrogens is 414 g/mol. The van der Waals surface area contributed by atoms with Crippen molar-refractivity contribution < 1.29 is 26.4 Å². The Balaban J connectivity index is 0.00000110. The molecule has 188 valence electrons. The molecule has 0 N–H and O–H groups in total. The molecule has 0 spiro atoms. The van der Waals surface area contributed by atoms with Crippen molar-refractivity contribution in [2.24, 2.45) is 0 Å². The van der Waals surface area contributed by atoms with E-state index in [-0.39, 0.29) is 6.61 Å². The van der Waals surface area contributed by atoms with Crippen molar-refractivity contribution in [1.82, 2.24) is 0 Å². The molecule has 0 saturated carbocycles. The molecule has 31 heavy (non-hydrogen) atoms. The highest BCUT2D eigenvalue weighted by Gasteiger charge is 2.27. The number of hydrogen-bond donors (Lipinski definition) is 0. The number of quaternary nitrogens is 1. The summed E-state index contributed by atoms with van der Waals surface area (Å²) in [5.74, 6) is 0. The molecule has 1 saturated heterocycles. The molecule has 0 aromatic heterocycles. The van der Waals surface area contributed by atoms with Gasteiger partial charge in [-0.15, -0.1) is 0 Å². The third-order valence-corrected chi connectivity index (χ3v) is 6.86. The second kappa shape index (κ2) is 20.4. The highest BCUT2D eigenvalue weighted by Crippen LogP contribution is 2.16. The monoisotopic (exact) mass is 465 g/mol. The van der Waals surface area contributed by atoms with Gasteiger partial charge < -0.3 is 13.8 Å². The standard InChI is InChI=1S/C22H46NO.C2H6O4S/c1-3-5-6-7-8-9-10-11-12-13-14-15-16-17-18-23(4-2)19-21-24-22-20-23;1-2-6-7(3,4)5/h3-22H2,1-2H3;2H2,1H3,(H,3,4,5)/q+1;/p-1. The van der Waals surface area contributed by atoms with E-state index in [0.29, 0.717) is 0 Å². The molecule has 0 unspecified atom stereocenters. The third-order valence-electron chi connectivity index (χ3n) is 6.34. The lowest BCUT2D eigenvalue weighted by atomic mass is 10.0. The van der Waals surface area contributed by atoms with Crippen LogP contribution in [0.25, 0.3) is 0 Å². The van der Waals surface area contributed by atoms with Crippen LogP contribution in [-0.2, 0) is 19.3 Å². The van der Waals surface area contributed by atoms with Crippen molar-refractivity contribution >= 4 is 10.4 Å². The van der Waals surface area contributed by atoms with E-state index in [1.165, 1.54) is 127 Å². The van der Waals surface area contributed by atoms with E-state index < -0.39 is 10.4 Å². The van der Waals surface area contributed by atoms with Gasteiger partial charge in [-0.05, 0) is 26.7 Å². The molecule has 1 aliphatic heterocycles. The minimum absolute atomic E-state index is 0.0914. The maximum absolute atomic E-state index is 9.45. The Kier molecular flexibility index (Phi) is 20.3. The molecule has 1 fully saturated rings. The molecule has 1 aliphatic rings. The molecule has 0 aromatic rings. The zero-order chi connectivity index (χ0) is 23.3. The van der Waals surface area contributed by atoms with Crippen LogP contribution in [0.4, 0.5) is 0 Å². The largest absolute Gasteiger partial charge is 0.726 e. The highest BCUT2D eigenvalue weighted by atomic mass is 32.3. The summed E-state index contributed by atoms with van der Waals surface area (Å²) in [6, 6.07) is 0. The van der Waals surface area contributed by atoms with Gasteiger partial charge in [0.15, 0.2) is 0 Å². The number of morpholine rings is 1. The van der Waals surface area contributed by atoms with E-state index in [2.05, 4.69) is 18.0 Å². The Morgan fingerprint density at radius 3 is 1.48 bits per heavy atom. The molecule has 0 aliphatic carbocycles. The topological polar surface area (TPSA) is 75.7 Å². The van der Waals surface area contributed by atoms with E-state index in [0.717, 1.165) is 13.2 Å². The van der Waals surface area contributed by atoms with Crippen LogP contribution in [0, 0.1) is 0 Å². The van der Waals surface area contributed by atoms with Crippen LogP contribution >= 0.6 is 0 Å². The zero-order valence-corrected chi connectivity index (χ0v) is 21.6. The van der Waals surface area contributed by atoms with Gasteiger partial charge in [0.1, 0.15) is 13.1 Å². The second-order valence-corrected chi connectivity index (χ2v) is 9.90. The maximum Gasteiger partial charge on any atom is 0.217 e. The van der Waals surface area contributed by atoms with Crippen molar-refractivity contribution in [1.29, 1.82) is 0 Å². The van der Waals surface area contributed by atoms with Gasteiger partial charge in [-0.1, -0.05) is 84.0 Å². The van der Waals surface area contributed by atoms with Crippen molar-refractivity contribution in [3.63, 3.8) is 0 Å². The first kappa shape index (κ1) is 30.8. The van der Waals surface area contributed by atoms with Gasteiger partial charge in [0, 0.05) is 0 Å². The van der Waals surface area contributed by atoms with E-state index in [4.69, 9.17) is 4.74 Å². The van der Waals surface area contributed by atoms with E-state index >= 15 is 0 Å². The summed E-state index contributed by atoms with van der Waals surface area (Å²) < 4.78 is 38.9. The molecule has 7 heteroatoms. The highest BCUT2D eigenvalue weighted by molar-refractivity contribution is 7.80. The fourth-order valence-corrected chi connectivity index (χ4v) is 4.50. The smallest absolute Gasteiger partial charge is 0.217 e. The van der Waals surface area contributed by atoms with Crippen LogP contribution in [0.5, 0.6) is 0 Å². The van der Waals surface area contributed by atoms with Crippen molar-refractivity contribution in [2.45, 2.75) is 111 Å². The number of ether oxygens (including phenoxy) is 1. The van der Waals surface area contributed by atoms with Crippen LogP contribution in [0.15, 0.2) is 0 Å². The van der Waals surface area contributed by atoms with Crippen molar-refractivity contribution in [2.75, 3.05) is 46.0 Å². The van der Waals surface area contributed by atoms with Crippen LogP contribution in [0.2, 0.25) is 0 Å². The first-order chi connectivity index (χ1) is 14.9. The summed E-state index contributed by atoms with van der Waals surface area (Å²) in [7, 11) is -4.42. The molecule has 1 rings (SSSR count). The molecule has 0 aromatic carbocycles.